The van der Waals surface area contributed by atoms with Gasteiger partial charge in [0.2, 0.25) is 0 Å². The molecule has 78 valence electrons. The van der Waals surface area contributed by atoms with Crippen LogP contribution in [-0.4, -0.2) is 5.16 Å². The van der Waals surface area contributed by atoms with Gasteiger partial charge in [0.15, 0.2) is 0 Å². The monoisotopic (exact) mass is 203 g/mol. The molecule has 0 fully saturated rings. The van der Waals surface area contributed by atoms with Crippen molar-refractivity contribution in [2.24, 2.45) is 0 Å². The standard InChI is InChI=1S/C12H13NO2/c1-9-3-4-11(7-10(9)2)8-14-12-5-6-15-13-12/h3-7H,8H2,1-2H3. The first-order valence-electron chi connectivity index (χ1n) is 4.85. The maximum atomic E-state index is 5.42. The Kier molecular flexibility index (Phi) is 2.72. The number of hydrogen-bond donors (Lipinski definition) is 0. The van der Waals surface area contributed by atoms with E-state index in [1.807, 2.05) is 0 Å². The Morgan fingerprint density at radius 2 is 2.07 bits per heavy atom. The summed E-state index contributed by atoms with van der Waals surface area (Å²) in [7, 11) is 0. The molecule has 2 aromatic rings. The van der Waals surface area contributed by atoms with Crippen molar-refractivity contribution >= 4 is 0 Å². The van der Waals surface area contributed by atoms with Crippen molar-refractivity contribution < 1.29 is 9.26 Å². The molecule has 0 bridgehead atoms. The Morgan fingerprint density at radius 3 is 2.73 bits per heavy atom. The van der Waals surface area contributed by atoms with Gasteiger partial charge in [0.1, 0.15) is 12.9 Å². The molecular formula is C12H13NO2. The van der Waals surface area contributed by atoms with Gasteiger partial charge in [-0.25, -0.2) is 0 Å². The van der Waals surface area contributed by atoms with Gasteiger partial charge in [0, 0.05) is 6.07 Å². The highest BCUT2D eigenvalue weighted by molar-refractivity contribution is 5.29. The molecule has 1 heterocycles. The molecule has 3 heteroatoms. The summed E-state index contributed by atoms with van der Waals surface area (Å²) >= 11 is 0. The van der Waals surface area contributed by atoms with E-state index in [1.165, 1.54) is 17.4 Å². The zero-order valence-corrected chi connectivity index (χ0v) is 8.86. The van der Waals surface area contributed by atoms with Crippen LogP contribution in [0.3, 0.4) is 0 Å². The van der Waals surface area contributed by atoms with Gasteiger partial charge in [0.05, 0.1) is 0 Å². The van der Waals surface area contributed by atoms with E-state index in [0.29, 0.717) is 12.5 Å². The van der Waals surface area contributed by atoms with Crippen molar-refractivity contribution in [3.05, 3.63) is 47.2 Å². The zero-order chi connectivity index (χ0) is 10.7. The van der Waals surface area contributed by atoms with Gasteiger partial charge in [-0.15, -0.1) is 0 Å². The third-order valence-corrected chi connectivity index (χ3v) is 2.37. The Morgan fingerprint density at radius 1 is 1.20 bits per heavy atom. The summed E-state index contributed by atoms with van der Waals surface area (Å²) in [6.45, 7) is 4.71. The highest BCUT2D eigenvalue weighted by Crippen LogP contribution is 2.12. The average molecular weight is 203 g/mol. The van der Waals surface area contributed by atoms with Crippen molar-refractivity contribution in [3.8, 4) is 5.88 Å². The molecule has 3 nitrogen and oxygen atoms in total. The van der Waals surface area contributed by atoms with Gasteiger partial charge in [0.25, 0.3) is 5.88 Å². The maximum absolute atomic E-state index is 5.42. The first-order chi connectivity index (χ1) is 7.25. The number of benzene rings is 1. The molecule has 0 spiro atoms. The molecule has 0 amide bonds. The predicted molar refractivity (Wildman–Crippen MR) is 56.8 cm³/mol. The minimum absolute atomic E-state index is 0.521. The van der Waals surface area contributed by atoms with Crippen LogP contribution in [0.4, 0.5) is 0 Å². The summed E-state index contributed by atoms with van der Waals surface area (Å²) in [6, 6.07) is 7.97. The van der Waals surface area contributed by atoms with Gasteiger partial charge >= 0.3 is 0 Å². The van der Waals surface area contributed by atoms with Crippen LogP contribution in [0.5, 0.6) is 5.88 Å². The fraction of sp³-hybridized carbons (Fsp3) is 0.250. The molecule has 0 aliphatic rings. The summed E-state index contributed by atoms with van der Waals surface area (Å²) < 4.78 is 10.1. The van der Waals surface area contributed by atoms with Gasteiger partial charge in [-0.05, 0) is 35.7 Å². The van der Waals surface area contributed by atoms with Crippen molar-refractivity contribution in [2.75, 3.05) is 0 Å². The van der Waals surface area contributed by atoms with E-state index in [2.05, 4.69) is 41.7 Å². The van der Waals surface area contributed by atoms with E-state index >= 15 is 0 Å². The van der Waals surface area contributed by atoms with E-state index < -0.39 is 0 Å². The fourth-order valence-electron chi connectivity index (χ4n) is 1.33. The van der Waals surface area contributed by atoms with E-state index in [-0.39, 0.29) is 0 Å². The Hall–Kier alpha value is -1.77. The topological polar surface area (TPSA) is 35.3 Å². The Bertz CT molecular complexity index is 435. The lowest BCUT2D eigenvalue weighted by Gasteiger charge is -2.05. The largest absolute Gasteiger partial charge is 0.471 e. The van der Waals surface area contributed by atoms with Crippen LogP contribution in [0.25, 0.3) is 0 Å². The average Bonchev–Trinajstić information content (AvgIpc) is 2.73. The predicted octanol–water partition coefficient (Wildman–Crippen LogP) is 2.87. The van der Waals surface area contributed by atoms with Gasteiger partial charge in [-0.2, -0.15) is 0 Å². The second-order valence-corrected chi connectivity index (χ2v) is 3.54. The van der Waals surface area contributed by atoms with E-state index in [9.17, 15) is 0 Å². The lowest BCUT2D eigenvalue weighted by Crippen LogP contribution is -1.96. The van der Waals surface area contributed by atoms with Crippen molar-refractivity contribution in [1.29, 1.82) is 0 Å². The lowest BCUT2D eigenvalue weighted by molar-refractivity contribution is 0.269. The summed E-state index contributed by atoms with van der Waals surface area (Å²) in [5.41, 5.74) is 3.71. The molecule has 0 N–H and O–H groups in total. The molecule has 1 aromatic carbocycles. The van der Waals surface area contributed by atoms with Crippen LogP contribution in [0.1, 0.15) is 16.7 Å². The zero-order valence-electron chi connectivity index (χ0n) is 8.86. The quantitative estimate of drug-likeness (QED) is 0.769. The normalized spacial score (nSPS) is 10.3. The first-order valence-corrected chi connectivity index (χ1v) is 4.85. The fourth-order valence-corrected chi connectivity index (χ4v) is 1.33. The van der Waals surface area contributed by atoms with E-state index in [0.717, 1.165) is 5.56 Å². The molecule has 0 unspecified atom stereocenters. The van der Waals surface area contributed by atoms with Crippen LogP contribution in [0, 0.1) is 13.8 Å². The highest BCUT2D eigenvalue weighted by atomic mass is 16.5. The number of hydrogen-bond acceptors (Lipinski definition) is 3. The summed E-state index contributed by atoms with van der Waals surface area (Å²) in [6.07, 6.45) is 1.50. The molecule has 1 aromatic heterocycles. The molecular weight excluding hydrogens is 190 g/mol. The van der Waals surface area contributed by atoms with Crippen molar-refractivity contribution in [3.63, 3.8) is 0 Å². The van der Waals surface area contributed by atoms with Crippen LogP contribution in [-0.2, 0) is 6.61 Å². The number of aromatic nitrogens is 1. The minimum Gasteiger partial charge on any atom is -0.471 e. The summed E-state index contributed by atoms with van der Waals surface area (Å²) in [4.78, 5) is 0. The number of aryl methyl sites for hydroxylation is 2. The van der Waals surface area contributed by atoms with Crippen molar-refractivity contribution in [1.82, 2.24) is 5.16 Å². The SMILES string of the molecule is Cc1ccc(COc2ccon2)cc1C. The molecule has 0 saturated heterocycles. The van der Waals surface area contributed by atoms with Gasteiger partial charge in [-0.1, -0.05) is 18.2 Å². The van der Waals surface area contributed by atoms with Gasteiger partial charge < -0.3 is 9.26 Å². The molecule has 0 atom stereocenters. The van der Waals surface area contributed by atoms with Crippen molar-refractivity contribution in [2.45, 2.75) is 20.5 Å². The Balaban J connectivity index is 2.02. The summed E-state index contributed by atoms with van der Waals surface area (Å²) in [5.74, 6) is 0.522. The molecule has 15 heavy (non-hydrogen) atoms. The number of rotatable bonds is 3. The van der Waals surface area contributed by atoms with E-state index in [4.69, 9.17) is 4.74 Å². The number of ether oxygens (including phenoxy) is 1. The lowest BCUT2D eigenvalue weighted by atomic mass is 10.1. The third-order valence-electron chi connectivity index (χ3n) is 2.37. The second kappa shape index (κ2) is 4.17. The minimum atomic E-state index is 0.521. The van der Waals surface area contributed by atoms with Crippen LogP contribution >= 0.6 is 0 Å². The number of nitrogens with zero attached hydrogens (tertiary/aromatic N) is 1. The molecule has 2 rings (SSSR count). The molecule has 0 radical (unpaired) electrons. The van der Waals surface area contributed by atoms with Crippen LogP contribution in [0.2, 0.25) is 0 Å². The highest BCUT2D eigenvalue weighted by Gasteiger charge is 1.99. The van der Waals surface area contributed by atoms with Crippen LogP contribution < -0.4 is 4.74 Å². The van der Waals surface area contributed by atoms with Gasteiger partial charge in [-0.3, -0.25) is 0 Å². The Labute approximate surface area is 88.7 Å². The molecule has 0 aliphatic heterocycles. The first kappa shape index (κ1) is 9.77. The molecule has 0 aliphatic carbocycles. The molecule has 0 saturated carbocycles. The van der Waals surface area contributed by atoms with E-state index in [1.54, 1.807) is 6.07 Å². The second-order valence-electron chi connectivity index (χ2n) is 3.54. The summed E-state index contributed by atoms with van der Waals surface area (Å²) in [5, 5.41) is 3.67. The smallest absolute Gasteiger partial charge is 0.254 e. The van der Waals surface area contributed by atoms with Crippen LogP contribution in [0.15, 0.2) is 35.1 Å². The third kappa shape index (κ3) is 2.37. The maximum Gasteiger partial charge on any atom is 0.254 e.